The molecule has 0 aliphatic rings. The first-order valence-electron chi connectivity index (χ1n) is 4.70. The maximum Gasteiger partial charge on any atom is 0.0791 e. The van der Waals surface area contributed by atoms with Gasteiger partial charge in [0, 0.05) is 19.7 Å². The molecule has 3 N–H and O–H groups in total. The lowest BCUT2D eigenvalue weighted by atomic mass is 10.2. The number of hydrogen-bond donors (Lipinski definition) is 3. The molecule has 0 aliphatic heterocycles. The normalized spacial score (nSPS) is 16.2. The topological polar surface area (TPSA) is 55.7 Å². The largest absolute Gasteiger partial charge is 0.396 e. The molecule has 0 aromatic rings. The van der Waals surface area contributed by atoms with Gasteiger partial charge in [0.2, 0.25) is 0 Å². The summed E-state index contributed by atoms with van der Waals surface area (Å²) < 4.78 is 0. The summed E-state index contributed by atoms with van der Waals surface area (Å²) in [4.78, 5) is 1.95. The zero-order valence-corrected chi connectivity index (χ0v) is 8.82. The number of hydrogen-bond acceptors (Lipinski definition) is 4. The Labute approximate surface area is 80.6 Å². The van der Waals surface area contributed by atoms with Gasteiger partial charge in [-0.05, 0) is 26.6 Å². The van der Waals surface area contributed by atoms with Crippen LogP contribution in [0.5, 0.6) is 0 Å². The van der Waals surface area contributed by atoms with Crippen molar-refractivity contribution in [3.8, 4) is 0 Å². The lowest BCUT2D eigenvalue weighted by Gasteiger charge is -2.17. The van der Waals surface area contributed by atoms with Crippen molar-refractivity contribution in [2.75, 3.05) is 40.3 Å². The van der Waals surface area contributed by atoms with E-state index in [0.717, 1.165) is 6.54 Å². The molecular weight excluding hydrogens is 168 g/mol. The van der Waals surface area contributed by atoms with Gasteiger partial charge in [0.25, 0.3) is 0 Å². The van der Waals surface area contributed by atoms with E-state index in [-0.39, 0.29) is 18.6 Å². The van der Waals surface area contributed by atoms with Crippen LogP contribution in [0.4, 0.5) is 0 Å². The van der Waals surface area contributed by atoms with Crippen molar-refractivity contribution >= 4 is 0 Å². The maximum absolute atomic E-state index is 9.44. The summed E-state index contributed by atoms with van der Waals surface area (Å²) in [5.74, 6) is 0.256. The highest BCUT2D eigenvalue weighted by Gasteiger charge is 2.05. The molecule has 2 atom stereocenters. The minimum absolute atomic E-state index is 0.191. The SMILES string of the molecule is CC(CO)CNCC(O)CN(C)C. The molecule has 4 heteroatoms. The molecule has 0 rings (SSSR count). The van der Waals surface area contributed by atoms with Gasteiger partial charge in [0.15, 0.2) is 0 Å². The third-order valence-electron chi connectivity index (χ3n) is 1.76. The van der Waals surface area contributed by atoms with Crippen LogP contribution in [0.3, 0.4) is 0 Å². The van der Waals surface area contributed by atoms with Crippen LogP contribution in [0, 0.1) is 5.92 Å². The second kappa shape index (κ2) is 7.26. The molecule has 0 bridgehead atoms. The van der Waals surface area contributed by atoms with E-state index in [4.69, 9.17) is 5.11 Å². The van der Waals surface area contributed by atoms with Crippen molar-refractivity contribution in [1.29, 1.82) is 0 Å². The van der Waals surface area contributed by atoms with Crippen molar-refractivity contribution in [3.63, 3.8) is 0 Å². The Morgan fingerprint density at radius 3 is 2.38 bits per heavy atom. The second-order valence-electron chi connectivity index (χ2n) is 3.86. The molecule has 0 aliphatic carbocycles. The number of nitrogens with one attached hydrogen (secondary N) is 1. The third kappa shape index (κ3) is 8.18. The molecule has 13 heavy (non-hydrogen) atoms. The average Bonchev–Trinajstić information content (AvgIpc) is 2.02. The molecule has 0 amide bonds. The van der Waals surface area contributed by atoms with Gasteiger partial charge in [-0.15, -0.1) is 0 Å². The van der Waals surface area contributed by atoms with Gasteiger partial charge < -0.3 is 20.4 Å². The van der Waals surface area contributed by atoms with Crippen molar-refractivity contribution in [2.45, 2.75) is 13.0 Å². The van der Waals surface area contributed by atoms with E-state index in [9.17, 15) is 5.11 Å². The molecule has 0 aromatic heterocycles. The van der Waals surface area contributed by atoms with E-state index >= 15 is 0 Å². The Bertz CT molecular complexity index is 120. The summed E-state index contributed by atoms with van der Waals surface area (Å²) in [7, 11) is 3.86. The monoisotopic (exact) mass is 190 g/mol. The Morgan fingerprint density at radius 2 is 1.92 bits per heavy atom. The number of rotatable bonds is 7. The Balaban J connectivity index is 3.31. The molecule has 0 fully saturated rings. The zero-order chi connectivity index (χ0) is 10.3. The fourth-order valence-electron chi connectivity index (χ4n) is 1.05. The molecular formula is C9H22N2O2. The number of aliphatic hydroxyl groups is 2. The molecule has 0 saturated heterocycles. The molecule has 2 unspecified atom stereocenters. The van der Waals surface area contributed by atoms with Crippen LogP contribution in [-0.2, 0) is 0 Å². The van der Waals surface area contributed by atoms with Crippen LogP contribution in [0.2, 0.25) is 0 Å². The van der Waals surface area contributed by atoms with Gasteiger partial charge >= 0.3 is 0 Å². The quantitative estimate of drug-likeness (QED) is 0.488. The minimum Gasteiger partial charge on any atom is -0.396 e. The highest BCUT2D eigenvalue weighted by molar-refractivity contribution is 4.63. The van der Waals surface area contributed by atoms with Gasteiger partial charge in [-0.25, -0.2) is 0 Å². The van der Waals surface area contributed by atoms with Crippen LogP contribution in [0.25, 0.3) is 0 Å². The van der Waals surface area contributed by atoms with Crippen molar-refractivity contribution in [3.05, 3.63) is 0 Å². The predicted octanol–water partition coefficient (Wildman–Crippen LogP) is -0.873. The molecule has 0 saturated carbocycles. The molecule has 0 aromatic carbocycles. The minimum atomic E-state index is -0.333. The average molecular weight is 190 g/mol. The van der Waals surface area contributed by atoms with Gasteiger partial charge in [-0.1, -0.05) is 6.92 Å². The molecule has 0 spiro atoms. The fraction of sp³-hybridized carbons (Fsp3) is 1.00. The first kappa shape index (κ1) is 12.8. The number of aliphatic hydroxyl groups excluding tert-OH is 2. The first-order valence-corrected chi connectivity index (χ1v) is 4.70. The summed E-state index contributed by atoms with van der Waals surface area (Å²) in [5.41, 5.74) is 0. The number of nitrogens with zero attached hydrogens (tertiary/aromatic N) is 1. The van der Waals surface area contributed by atoms with Gasteiger partial charge in [-0.2, -0.15) is 0 Å². The molecule has 80 valence electrons. The summed E-state index contributed by atoms with van der Waals surface area (Å²) in [6.07, 6.45) is -0.333. The van der Waals surface area contributed by atoms with E-state index in [1.807, 2.05) is 25.9 Å². The predicted molar refractivity (Wildman–Crippen MR) is 53.7 cm³/mol. The van der Waals surface area contributed by atoms with Crippen LogP contribution >= 0.6 is 0 Å². The molecule has 4 nitrogen and oxygen atoms in total. The van der Waals surface area contributed by atoms with Crippen LogP contribution in [0.1, 0.15) is 6.92 Å². The Hall–Kier alpha value is -0.160. The van der Waals surface area contributed by atoms with Gasteiger partial charge in [-0.3, -0.25) is 0 Å². The Kier molecular flexibility index (Phi) is 7.17. The van der Waals surface area contributed by atoms with Gasteiger partial charge in [0.05, 0.1) is 6.10 Å². The molecule has 0 radical (unpaired) electrons. The standard InChI is InChI=1S/C9H22N2O2/c1-8(7-12)4-10-5-9(13)6-11(2)3/h8-10,12-13H,4-7H2,1-3H3. The van der Waals surface area contributed by atoms with Crippen molar-refractivity contribution in [1.82, 2.24) is 10.2 Å². The van der Waals surface area contributed by atoms with Gasteiger partial charge in [0.1, 0.15) is 0 Å². The highest BCUT2D eigenvalue weighted by Crippen LogP contribution is 1.89. The second-order valence-corrected chi connectivity index (χ2v) is 3.86. The third-order valence-corrected chi connectivity index (χ3v) is 1.76. The Morgan fingerprint density at radius 1 is 1.31 bits per heavy atom. The maximum atomic E-state index is 9.44. The zero-order valence-electron chi connectivity index (χ0n) is 8.82. The van der Waals surface area contributed by atoms with E-state index in [0.29, 0.717) is 13.1 Å². The van der Waals surface area contributed by atoms with Crippen LogP contribution in [0.15, 0.2) is 0 Å². The smallest absolute Gasteiger partial charge is 0.0791 e. The fourth-order valence-corrected chi connectivity index (χ4v) is 1.05. The van der Waals surface area contributed by atoms with Crippen LogP contribution in [-0.4, -0.2) is 61.6 Å². The van der Waals surface area contributed by atoms with E-state index in [2.05, 4.69) is 5.32 Å². The van der Waals surface area contributed by atoms with E-state index in [1.165, 1.54) is 0 Å². The van der Waals surface area contributed by atoms with E-state index in [1.54, 1.807) is 0 Å². The van der Waals surface area contributed by atoms with Crippen molar-refractivity contribution in [2.24, 2.45) is 5.92 Å². The van der Waals surface area contributed by atoms with E-state index < -0.39 is 0 Å². The summed E-state index contributed by atoms with van der Waals surface area (Å²) >= 11 is 0. The molecule has 0 heterocycles. The lowest BCUT2D eigenvalue weighted by molar-refractivity contribution is 0.131. The first-order chi connectivity index (χ1) is 6.06. The van der Waals surface area contributed by atoms with Crippen LogP contribution < -0.4 is 5.32 Å². The highest BCUT2D eigenvalue weighted by atomic mass is 16.3. The lowest BCUT2D eigenvalue weighted by Crippen LogP contribution is -2.36. The summed E-state index contributed by atoms with van der Waals surface area (Å²) in [5, 5.41) is 21.3. The van der Waals surface area contributed by atoms with Crippen molar-refractivity contribution < 1.29 is 10.2 Å². The number of likely N-dealkylation sites (N-methyl/N-ethyl adjacent to an activating group) is 1. The summed E-state index contributed by atoms with van der Waals surface area (Å²) in [6, 6.07) is 0. The summed E-state index contributed by atoms with van der Waals surface area (Å²) in [6.45, 7) is 4.16.